The monoisotopic (exact) mass is 530 g/mol. The van der Waals surface area contributed by atoms with Gasteiger partial charge in [-0.15, -0.1) is 0 Å². The maximum absolute atomic E-state index is 12.7. The Morgan fingerprint density at radius 2 is 1.95 bits per heavy atom. The molecular weight excluding hydrogens is 500 g/mol. The molecule has 0 unspecified atom stereocenters. The molecule has 0 radical (unpaired) electrons. The summed E-state index contributed by atoms with van der Waals surface area (Å²) < 4.78 is 27.8. The first-order valence-corrected chi connectivity index (χ1v) is 11.8. The lowest BCUT2D eigenvalue weighted by Gasteiger charge is -2.47. The Morgan fingerprint density at radius 3 is 2.55 bits per heavy atom. The molecule has 0 bridgehead atoms. The van der Waals surface area contributed by atoms with Gasteiger partial charge >= 0.3 is 11.7 Å². The predicted octanol–water partition coefficient (Wildman–Crippen LogP) is 2.38. The summed E-state index contributed by atoms with van der Waals surface area (Å²) in [6.07, 6.45) is -2.00. The molecule has 12 nitrogen and oxygen atoms in total. The van der Waals surface area contributed by atoms with Crippen LogP contribution >= 0.6 is 0 Å². The van der Waals surface area contributed by atoms with Crippen molar-refractivity contribution in [3.05, 3.63) is 51.4 Å². The van der Waals surface area contributed by atoms with Crippen molar-refractivity contribution in [2.75, 3.05) is 12.4 Å². The van der Waals surface area contributed by atoms with Crippen molar-refractivity contribution in [3.63, 3.8) is 0 Å². The zero-order valence-corrected chi connectivity index (χ0v) is 21.6. The van der Waals surface area contributed by atoms with Gasteiger partial charge in [0.15, 0.2) is 23.6 Å². The van der Waals surface area contributed by atoms with Crippen molar-refractivity contribution < 1.29 is 43.2 Å². The molecule has 0 spiro atoms. The standard InChI is InChI=1S/C26H30N2O10/c1-11-6-7-13(10-11)22(31)28-16-17(29)14-8-9-15(12(2)19(14)36-23(16)32)35-24-18(30)20(37-25(27)33)21(34-5)26(3,4)38-24/h6,8-10,18,20-21,24,29-30H,7H2,1-5H3,(H2,27,33)(H,28,31)/t18-,20+,21-,24-/m1/s1. The molecule has 1 saturated heterocycles. The van der Waals surface area contributed by atoms with Crippen LogP contribution in [0.25, 0.3) is 11.0 Å². The molecule has 2 aliphatic rings. The second-order valence-corrected chi connectivity index (χ2v) is 9.71. The molecule has 5 N–H and O–H groups in total. The summed E-state index contributed by atoms with van der Waals surface area (Å²) in [4.78, 5) is 36.7. The molecule has 2 heterocycles. The average Bonchev–Trinajstić information content (AvgIpc) is 3.27. The van der Waals surface area contributed by atoms with Crippen LogP contribution in [0.2, 0.25) is 0 Å². The van der Waals surface area contributed by atoms with Crippen molar-refractivity contribution in [1.29, 1.82) is 0 Å². The van der Waals surface area contributed by atoms with Crippen LogP contribution in [0.4, 0.5) is 10.5 Å². The van der Waals surface area contributed by atoms with Crippen LogP contribution < -0.4 is 21.4 Å². The van der Waals surface area contributed by atoms with E-state index in [-0.39, 0.29) is 22.4 Å². The van der Waals surface area contributed by atoms with Crippen LogP contribution in [0.3, 0.4) is 0 Å². The minimum absolute atomic E-state index is 0.00450. The van der Waals surface area contributed by atoms with Gasteiger partial charge < -0.3 is 44.6 Å². The fourth-order valence-electron chi connectivity index (χ4n) is 4.69. The lowest BCUT2D eigenvalue weighted by atomic mass is 9.89. The number of primary amides is 1. The molecule has 4 atom stereocenters. The number of amides is 2. The molecule has 1 fully saturated rings. The molecular formula is C26H30N2O10. The third kappa shape index (κ3) is 4.97. The Bertz CT molecular complexity index is 1410. The van der Waals surface area contributed by atoms with E-state index in [0.717, 1.165) is 5.57 Å². The zero-order chi connectivity index (χ0) is 27.9. The van der Waals surface area contributed by atoms with E-state index in [0.29, 0.717) is 17.6 Å². The van der Waals surface area contributed by atoms with Crippen LogP contribution in [0.1, 0.15) is 32.8 Å². The normalized spacial score (nSPS) is 24.5. The Labute approximate surface area is 217 Å². The highest BCUT2D eigenvalue weighted by Gasteiger charge is 2.53. The molecule has 1 aromatic carbocycles. The number of aryl methyl sites for hydroxylation is 1. The number of nitrogens with two attached hydrogens (primary N) is 1. The topological polar surface area (TPSA) is 180 Å². The number of benzene rings is 1. The first kappa shape index (κ1) is 27.2. The van der Waals surface area contributed by atoms with Gasteiger partial charge in [0, 0.05) is 18.2 Å². The molecule has 1 aliphatic heterocycles. The number of aliphatic hydroxyl groups excluding tert-OH is 1. The number of carbonyl (C=O) groups is 2. The number of ether oxygens (including phenoxy) is 4. The van der Waals surface area contributed by atoms with E-state index in [1.54, 1.807) is 26.8 Å². The summed E-state index contributed by atoms with van der Waals surface area (Å²) in [5, 5.41) is 24.3. The van der Waals surface area contributed by atoms with E-state index < -0.39 is 53.6 Å². The van der Waals surface area contributed by atoms with Gasteiger partial charge in [0.05, 0.1) is 11.0 Å². The molecule has 4 rings (SSSR count). The van der Waals surface area contributed by atoms with Gasteiger partial charge in [-0.25, -0.2) is 9.59 Å². The van der Waals surface area contributed by atoms with Crippen molar-refractivity contribution in [2.45, 2.75) is 64.3 Å². The lowest BCUT2D eigenvalue weighted by molar-refractivity contribution is -0.304. The number of aromatic hydroxyl groups is 1. The number of hydrogen-bond donors (Lipinski definition) is 4. The van der Waals surface area contributed by atoms with E-state index in [1.807, 2.05) is 13.0 Å². The molecule has 2 amide bonds. The highest BCUT2D eigenvalue weighted by atomic mass is 16.7. The first-order chi connectivity index (χ1) is 17.8. The van der Waals surface area contributed by atoms with Gasteiger partial charge in [0.25, 0.3) is 5.91 Å². The summed E-state index contributed by atoms with van der Waals surface area (Å²) in [5.74, 6) is -0.830. The molecule has 38 heavy (non-hydrogen) atoms. The predicted molar refractivity (Wildman–Crippen MR) is 135 cm³/mol. The fourth-order valence-corrected chi connectivity index (χ4v) is 4.69. The van der Waals surface area contributed by atoms with Gasteiger partial charge in [-0.1, -0.05) is 17.7 Å². The van der Waals surface area contributed by atoms with Crippen molar-refractivity contribution in [1.82, 2.24) is 0 Å². The van der Waals surface area contributed by atoms with Crippen LogP contribution in [-0.4, -0.2) is 59.5 Å². The highest BCUT2D eigenvalue weighted by molar-refractivity contribution is 6.06. The summed E-state index contributed by atoms with van der Waals surface area (Å²) in [7, 11) is 1.38. The number of methoxy groups -OCH3 is 1. The number of allylic oxidation sites excluding steroid dienone is 3. The Morgan fingerprint density at radius 1 is 1.24 bits per heavy atom. The van der Waals surface area contributed by atoms with E-state index >= 15 is 0 Å². The largest absolute Gasteiger partial charge is 0.505 e. The molecule has 0 saturated carbocycles. The second kappa shape index (κ2) is 10.1. The summed E-state index contributed by atoms with van der Waals surface area (Å²) in [6.45, 7) is 6.76. The van der Waals surface area contributed by atoms with Crippen LogP contribution in [0, 0.1) is 6.92 Å². The minimum atomic E-state index is -1.49. The van der Waals surface area contributed by atoms with Gasteiger partial charge in [-0.2, -0.15) is 0 Å². The van der Waals surface area contributed by atoms with E-state index in [4.69, 9.17) is 29.1 Å². The molecule has 1 aromatic heterocycles. The number of carbonyl (C=O) groups excluding carboxylic acids is 2. The maximum Gasteiger partial charge on any atom is 0.404 e. The van der Waals surface area contributed by atoms with Crippen molar-refractivity contribution in [2.24, 2.45) is 5.73 Å². The number of anilines is 1. The number of rotatable bonds is 6. The Hall–Kier alpha value is -3.87. The first-order valence-electron chi connectivity index (χ1n) is 11.8. The van der Waals surface area contributed by atoms with Gasteiger partial charge in [0.1, 0.15) is 17.4 Å². The van der Waals surface area contributed by atoms with Crippen LogP contribution in [0.15, 0.2) is 44.6 Å². The van der Waals surface area contributed by atoms with Crippen LogP contribution in [0.5, 0.6) is 11.5 Å². The van der Waals surface area contributed by atoms with Crippen molar-refractivity contribution in [3.8, 4) is 11.5 Å². The van der Waals surface area contributed by atoms with Crippen molar-refractivity contribution >= 4 is 28.7 Å². The molecule has 204 valence electrons. The smallest absolute Gasteiger partial charge is 0.404 e. The lowest BCUT2D eigenvalue weighted by Crippen LogP contribution is -2.65. The SMILES string of the molecule is CO[C@@H]1[C@@H](OC(N)=O)[C@@H](O)[C@H](Oc2ccc3c(O)c(NC(=O)C4=CC(C)=CC4)c(=O)oc3c2C)OC1(C)C. The Kier molecular flexibility index (Phi) is 7.24. The minimum Gasteiger partial charge on any atom is -0.505 e. The third-order valence-electron chi connectivity index (χ3n) is 6.59. The molecule has 1 aliphatic carbocycles. The van der Waals surface area contributed by atoms with Crippen LogP contribution in [-0.2, 0) is 19.0 Å². The molecule has 2 aromatic rings. The molecule has 12 heteroatoms. The summed E-state index contributed by atoms with van der Waals surface area (Å²) in [6, 6.07) is 2.91. The number of nitrogens with one attached hydrogen (secondary N) is 1. The maximum atomic E-state index is 12.7. The number of aliphatic hydroxyl groups is 1. The zero-order valence-electron chi connectivity index (χ0n) is 21.6. The second-order valence-electron chi connectivity index (χ2n) is 9.71. The number of hydrogen-bond acceptors (Lipinski definition) is 10. The average molecular weight is 531 g/mol. The quantitative estimate of drug-likeness (QED) is 0.405. The van der Waals surface area contributed by atoms with Gasteiger partial charge in [-0.3, -0.25) is 4.79 Å². The number of fused-ring (bicyclic) bond motifs is 1. The van der Waals surface area contributed by atoms with Gasteiger partial charge in [-0.05, 0) is 46.2 Å². The van der Waals surface area contributed by atoms with E-state index in [2.05, 4.69) is 5.32 Å². The Balaban J connectivity index is 1.64. The highest BCUT2D eigenvalue weighted by Crippen LogP contribution is 2.38. The fraction of sp³-hybridized carbons (Fsp3) is 0.423. The van der Waals surface area contributed by atoms with E-state index in [9.17, 15) is 24.6 Å². The third-order valence-corrected chi connectivity index (χ3v) is 6.59. The summed E-state index contributed by atoms with van der Waals surface area (Å²) >= 11 is 0. The van der Waals surface area contributed by atoms with Gasteiger partial charge in [0.2, 0.25) is 6.29 Å². The summed E-state index contributed by atoms with van der Waals surface area (Å²) in [5.41, 5.74) is 4.46. The van der Waals surface area contributed by atoms with E-state index in [1.165, 1.54) is 19.2 Å².